The van der Waals surface area contributed by atoms with Crippen LogP contribution >= 0.6 is 0 Å². The van der Waals surface area contributed by atoms with Crippen molar-refractivity contribution in [3.63, 3.8) is 0 Å². The molecule has 1 heterocycles. The highest BCUT2D eigenvalue weighted by Crippen LogP contribution is 2.20. The number of imidazole rings is 1. The van der Waals surface area contributed by atoms with Crippen LogP contribution in [0, 0.1) is 5.82 Å². The number of hydrogen-bond acceptors (Lipinski definition) is 2. The van der Waals surface area contributed by atoms with Gasteiger partial charge in [-0.25, -0.2) is 9.37 Å². The summed E-state index contributed by atoms with van der Waals surface area (Å²) in [7, 11) is 0. The summed E-state index contributed by atoms with van der Waals surface area (Å²) in [5, 5.41) is 0. The van der Waals surface area contributed by atoms with Crippen LogP contribution in [0.3, 0.4) is 0 Å². The van der Waals surface area contributed by atoms with E-state index in [1.54, 1.807) is 23.0 Å². The summed E-state index contributed by atoms with van der Waals surface area (Å²) in [4.78, 5) is 4.25. The van der Waals surface area contributed by atoms with Crippen LogP contribution in [0.15, 0.2) is 30.6 Å². The summed E-state index contributed by atoms with van der Waals surface area (Å²) in [6.07, 6.45) is 5.30. The third kappa shape index (κ3) is 2.43. The van der Waals surface area contributed by atoms with E-state index in [4.69, 9.17) is 5.73 Å². The van der Waals surface area contributed by atoms with Gasteiger partial charge in [0, 0.05) is 24.9 Å². The monoisotopic (exact) mass is 247 g/mol. The molecule has 0 saturated carbocycles. The van der Waals surface area contributed by atoms with Gasteiger partial charge in [0.05, 0.1) is 5.69 Å². The molecule has 0 unspecified atom stereocenters. The molecule has 4 heteroatoms. The summed E-state index contributed by atoms with van der Waals surface area (Å²) < 4.78 is 15.9. The average Bonchev–Trinajstić information content (AvgIpc) is 2.77. The van der Waals surface area contributed by atoms with E-state index in [9.17, 15) is 4.39 Å². The number of hydrogen-bond donors (Lipinski definition) is 1. The molecule has 0 aliphatic heterocycles. The SMILES string of the molecule is CCCc1nccn1-c1ccc([C@@H](C)N)cc1F. The summed E-state index contributed by atoms with van der Waals surface area (Å²) >= 11 is 0. The Morgan fingerprint density at radius 3 is 2.83 bits per heavy atom. The van der Waals surface area contributed by atoms with E-state index in [1.165, 1.54) is 6.07 Å². The first-order valence-corrected chi connectivity index (χ1v) is 6.21. The minimum atomic E-state index is -0.264. The standard InChI is InChI=1S/C14H18FN3/c1-3-4-14-17-7-8-18(14)13-6-5-11(10(2)16)9-12(13)15/h5-10H,3-4,16H2,1-2H3/t10-/m1/s1. The molecule has 2 rings (SSSR count). The van der Waals surface area contributed by atoms with Gasteiger partial charge in [0.1, 0.15) is 11.6 Å². The molecule has 0 fully saturated rings. The zero-order valence-corrected chi connectivity index (χ0v) is 10.7. The maximum absolute atomic E-state index is 14.1. The number of benzene rings is 1. The summed E-state index contributed by atoms with van der Waals surface area (Å²) in [5.41, 5.74) is 7.07. The van der Waals surface area contributed by atoms with Gasteiger partial charge in [-0.2, -0.15) is 0 Å². The van der Waals surface area contributed by atoms with Crippen molar-refractivity contribution in [2.75, 3.05) is 0 Å². The Bertz CT molecular complexity index is 532. The fraction of sp³-hybridized carbons (Fsp3) is 0.357. The van der Waals surface area contributed by atoms with Gasteiger partial charge in [-0.15, -0.1) is 0 Å². The maximum atomic E-state index is 14.1. The predicted molar refractivity (Wildman–Crippen MR) is 70.1 cm³/mol. The molecule has 1 aromatic carbocycles. The minimum absolute atomic E-state index is 0.161. The molecule has 2 aromatic rings. The highest BCUT2D eigenvalue weighted by atomic mass is 19.1. The highest BCUT2D eigenvalue weighted by molar-refractivity contribution is 5.38. The molecule has 0 aliphatic rings. The van der Waals surface area contributed by atoms with Crippen molar-refractivity contribution in [3.05, 3.63) is 47.8 Å². The van der Waals surface area contributed by atoms with Gasteiger partial charge in [-0.3, -0.25) is 0 Å². The second-order valence-electron chi connectivity index (χ2n) is 4.46. The number of aryl methyl sites for hydroxylation is 1. The smallest absolute Gasteiger partial charge is 0.147 e. The normalized spacial score (nSPS) is 12.7. The molecule has 18 heavy (non-hydrogen) atoms. The van der Waals surface area contributed by atoms with Crippen molar-refractivity contribution in [1.82, 2.24) is 9.55 Å². The molecular weight excluding hydrogens is 229 g/mol. The number of nitrogens with two attached hydrogens (primary N) is 1. The summed E-state index contributed by atoms with van der Waals surface area (Å²) in [6, 6.07) is 4.95. The number of rotatable bonds is 4. The van der Waals surface area contributed by atoms with Crippen LogP contribution in [-0.2, 0) is 6.42 Å². The van der Waals surface area contributed by atoms with E-state index in [2.05, 4.69) is 11.9 Å². The molecule has 2 N–H and O–H groups in total. The first kappa shape index (κ1) is 12.8. The van der Waals surface area contributed by atoms with Crippen LogP contribution in [0.1, 0.15) is 37.7 Å². The Morgan fingerprint density at radius 2 is 2.22 bits per heavy atom. The molecule has 0 bridgehead atoms. The molecular formula is C14H18FN3. The molecule has 0 spiro atoms. The van der Waals surface area contributed by atoms with Gasteiger partial charge in [0.25, 0.3) is 0 Å². The van der Waals surface area contributed by atoms with Crippen molar-refractivity contribution in [2.45, 2.75) is 32.7 Å². The van der Waals surface area contributed by atoms with Crippen molar-refractivity contribution in [3.8, 4) is 5.69 Å². The third-order valence-electron chi connectivity index (χ3n) is 2.95. The molecule has 0 amide bonds. The number of nitrogens with zero attached hydrogens (tertiary/aromatic N) is 2. The lowest BCUT2D eigenvalue weighted by atomic mass is 10.1. The predicted octanol–water partition coefficient (Wildman–Crippen LogP) is 2.98. The van der Waals surface area contributed by atoms with Gasteiger partial charge in [-0.05, 0) is 31.0 Å². The van der Waals surface area contributed by atoms with Gasteiger partial charge in [-0.1, -0.05) is 13.0 Å². The van der Waals surface area contributed by atoms with E-state index >= 15 is 0 Å². The number of halogens is 1. The maximum Gasteiger partial charge on any atom is 0.147 e. The Hall–Kier alpha value is -1.68. The lowest BCUT2D eigenvalue weighted by Crippen LogP contribution is -2.07. The number of aromatic nitrogens is 2. The fourth-order valence-corrected chi connectivity index (χ4v) is 1.96. The van der Waals surface area contributed by atoms with Crippen molar-refractivity contribution in [2.24, 2.45) is 5.73 Å². The van der Waals surface area contributed by atoms with Gasteiger partial charge >= 0.3 is 0 Å². The summed E-state index contributed by atoms with van der Waals surface area (Å²) in [6.45, 7) is 3.92. The zero-order chi connectivity index (χ0) is 13.1. The first-order chi connectivity index (χ1) is 8.63. The minimum Gasteiger partial charge on any atom is -0.324 e. The van der Waals surface area contributed by atoms with Crippen LogP contribution in [-0.4, -0.2) is 9.55 Å². The first-order valence-electron chi connectivity index (χ1n) is 6.21. The van der Waals surface area contributed by atoms with E-state index in [0.717, 1.165) is 24.2 Å². The Balaban J connectivity index is 2.41. The molecule has 0 saturated heterocycles. The van der Waals surface area contributed by atoms with E-state index in [0.29, 0.717) is 5.69 Å². The second kappa shape index (κ2) is 5.31. The Morgan fingerprint density at radius 1 is 1.44 bits per heavy atom. The van der Waals surface area contributed by atoms with Gasteiger partial charge in [0.15, 0.2) is 0 Å². The Labute approximate surface area is 106 Å². The van der Waals surface area contributed by atoms with E-state index < -0.39 is 0 Å². The third-order valence-corrected chi connectivity index (χ3v) is 2.95. The fourth-order valence-electron chi connectivity index (χ4n) is 1.96. The lowest BCUT2D eigenvalue weighted by Gasteiger charge is -2.11. The molecule has 1 atom stereocenters. The van der Waals surface area contributed by atoms with Crippen molar-refractivity contribution in [1.29, 1.82) is 0 Å². The largest absolute Gasteiger partial charge is 0.324 e. The van der Waals surface area contributed by atoms with Crippen LogP contribution < -0.4 is 5.73 Å². The van der Waals surface area contributed by atoms with Crippen LogP contribution in [0.25, 0.3) is 5.69 Å². The molecule has 0 aliphatic carbocycles. The van der Waals surface area contributed by atoms with Gasteiger partial charge in [0.2, 0.25) is 0 Å². The average molecular weight is 247 g/mol. The van der Waals surface area contributed by atoms with E-state index in [1.807, 2.05) is 13.0 Å². The Kier molecular flexibility index (Phi) is 3.77. The summed E-state index contributed by atoms with van der Waals surface area (Å²) in [5.74, 6) is 0.616. The zero-order valence-electron chi connectivity index (χ0n) is 10.7. The molecule has 96 valence electrons. The van der Waals surface area contributed by atoms with E-state index in [-0.39, 0.29) is 11.9 Å². The lowest BCUT2D eigenvalue weighted by molar-refractivity contribution is 0.609. The van der Waals surface area contributed by atoms with Gasteiger partial charge < -0.3 is 10.3 Å². The topological polar surface area (TPSA) is 43.8 Å². The van der Waals surface area contributed by atoms with Crippen LogP contribution in [0.5, 0.6) is 0 Å². The molecule has 0 radical (unpaired) electrons. The van der Waals surface area contributed by atoms with Crippen molar-refractivity contribution < 1.29 is 4.39 Å². The quantitative estimate of drug-likeness (QED) is 0.902. The van der Waals surface area contributed by atoms with Crippen LogP contribution in [0.4, 0.5) is 4.39 Å². The highest BCUT2D eigenvalue weighted by Gasteiger charge is 2.10. The molecule has 1 aromatic heterocycles. The molecule has 3 nitrogen and oxygen atoms in total. The van der Waals surface area contributed by atoms with Crippen molar-refractivity contribution >= 4 is 0 Å². The second-order valence-corrected chi connectivity index (χ2v) is 4.46. The van der Waals surface area contributed by atoms with Crippen LogP contribution in [0.2, 0.25) is 0 Å².